The van der Waals surface area contributed by atoms with Crippen LogP contribution in [0.4, 0.5) is 0 Å². The predicted molar refractivity (Wildman–Crippen MR) is 625 cm³/mol. The molecule has 0 fully saturated rings. The predicted octanol–water partition coefficient (Wildman–Crippen LogP) is 41.5. The summed E-state index contributed by atoms with van der Waals surface area (Å²) >= 11 is 5.63. The molecule has 0 atom stereocenters. The van der Waals surface area contributed by atoms with Gasteiger partial charge in [0, 0.05) is 71.6 Å². The van der Waals surface area contributed by atoms with Gasteiger partial charge in [0.15, 0.2) is 0 Å². The average molecular weight is 1870 g/mol. The quantitative estimate of drug-likeness (QED) is 0.0946. The maximum absolute atomic E-state index is 8.93. The van der Waals surface area contributed by atoms with E-state index in [0.29, 0.717) is 5.56 Å². The van der Waals surface area contributed by atoms with E-state index in [2.05, 4.69) is 455 Å². The summed E-state index contributed by atoms with van der Waals surface area (Å²) in [6.45, 7) is 0. The molecule has 0 N–H and O–H groups in total. The topological polar surface area (TPSA) is 0 Å². The van der Waals surface area contributed by atoms with Crippen molar-refractivity contribution in [3.8, 4) is 111 Å². The summed E-state index contributed by atoms with van der Waals surface area (Å²) in [6.07, 6.45) is 0. The highest BCUT2D eigenvalue weighted by molar-refractivity contribution is 7.27. The average Bonchev–Trinajstić information content (AvgIpc) is 1.07. The molecule has 3 aromatic heterocycles. The Morgan fingerprint density at radius 3 is 0.916 bits per heavy atom. The number of fused-ring (bicyclic) bond motifs is 22. The van der Waals surface area contributed by atoms with Gasteiger partial charge in [-0.15, -0.1) is 34.0 Å². The Kier molecular flexibility index (Phi) is 19.1. The van der Waals surface area contributed by atoms with Crippen molar-refractivity contribution in [3.63, 3.8) is 0 Å². The van der Waals surface area contributed by atoms with Crippen LogP contribution in [-0.4, -0.2) is 0 Å². The molecular formula is C140H86S3. The molecule has 143 heavy (non-hydrogen) atoms. The van der Waals surface area contributed by atoms with Crippen LogP contribution in [0.2, 0.25) is 0 Å². The first kappa shape index (κ1) is 78.4. The largest absolute Gasteiger partial charge is 0.135 e. The van der Waals surface area contributed by atoms with Gasteiger partial charge in [-0.05, 0) is 255 Å². The van der Waals surface area contributed by atoms with Crippen molar-refractivity contribution in [2.45, 2.75) is 0 Å². The van der Waals surface area contributed by atoms with Gasteiger partial charge in [-0.2, -0.15) is 0 Å². The molecule has 0 aliphatic rings. The Morgan fingerprint density at radius 2 is 0.427 bits per heavy atom. The standard InChI is InChI=1S/C50H30S.C46H28S.C44H28S/c1-2-13-33-29-36(26-23-31(33)11-1)47-40-15-5-7-17-42(40)48(43-18-8-6-16-41(43)47)44-20-10-22-46-49(44)45-21-9-19-39(50(45)51-46)35-27-28-38-34(30-35)25-24-32-12-3-4-14-37(32)38;1-2-14-29(15-3-1)43-34-20-8-10-22-36(34)44(37-23-11-9-21-35(37)43)39-25-13-27-42-45(39)40-26-12-24-38(46(40)47-42)41-28-30-16-4-5-17-31(30)32-18-6-7-19-33(32)41;1-3-15-29(16-4-1)31-19-7-8-20-32(31)37-25-13-27-39-43-38(26-14-28-40(43)45-44(37)39)42-35-23-11-9-21-33(35)41(30-17-5-2-6-18-30)34-22-10-12-24-36(34)42/h1-30H;1-28H;1-28H/i;1D,2D,3D,14D,15D;. The van der Waals surface area contributed by atoms with E-state index in [9.17, 15) is 0 Å². The number of thiophene rings is 3. The van der Waals surface area contributed by atoms with Gasteiger partial charge in [0.2, 0.25) is 0 Å². The van der Waals surface area contributed by atoms with Gasteiger partial charge in [-0.1, -0.05) is 485 Å². The van der Waals surface area contributed by atoms with Crippen LogP contribution in [0.1, 0.15) is 6.85 Å². The Bertz CT molecular complexity index is 10600. The maximum atomic E-state index is 8.93. The third-order valence-corrected chi connectivity index (χ3v) is 33.0. The monoisotopic (exact) mass is 1870 g/mol. The number of hydrogen-bond donors (Lipinski definition) is 0. The third-order valence-electron chi connectivity index (χ3n) is 29.4. The molecule has 0 spiro atoms. The van der Waals surface area contributed by atoms with Gasteiger partial charge in [-0.3, -0.25) is 0 Å². The van der Waals surface area contributed by atoms with Crippen LogP contribution < -0.4 is 0 Å². The van der Waals surface area contributed by atoms with Gasteiger partial charge in [0.1, 0.15) is 0 Å². The Balaban J connectivity index is 0.000000107. The molecule has 30 aromatic rings. The van der Waals surface area contributed by atoms with Crippen LogP contribution in [-0.2, 0) is 0 Å². The first-order chi connectivity index (χ1) is 73.1. The number of hydrogen-bond acceptors (Lipinski definition) is 3. The lowest BCUT2D eigenvalue weighted by molar-refractivity contribution is 1.60. The summed E-state index contributed by atoms with van der Waals surface area (Å²) in [5.74, 6) is 0. The SMILES string of the molecule is [2H]c1c([2H])c([2H])c(-c2c3ccccc3c(-c3cccc4sc5c(-c6cc7ccccc7c7ccccc67)cccc5c34)c3ccccc23)c([2H])c1[2H].c1ccc(-c2ccccc2-c2cccc3c2sc2cccc(-c4c5ccccc5c(-c5ccccc5)c5ccccc45)c23)cc1.c1ccc2cc(-c3c4ccccc4c(-c4cccc5sc6c(-c7ccc8c(ccc9ccccc98)c7)cccc6c45)c4ccccc34)ccc2c1. The van der Waals surface area contributed by atoms with E-state index in [1.807, 2.05) is 70.4 Å². The molecule has 0 nitrogen and oxygen atoms in total. The Morgan fingerprint density at radius 1 is 0.133 bits per heavy atom. The second kappa shape index (κ2) is 34.8. The maximum Gasteiger partial charge on any atom is 0.0629 e. The van der Waals surface area contributed by atoms with Gasteiger partial charge in [-0.25, -0.2) is 0 Å². The molecule has 664 valence electrons. The molecule has 3 heteroatoms. The molecule has 0 saturated carbocycles. The summed E-state index contributed by atoms with van der Waals surface area (Å²) in [4.78, 5) is 0. The van der Waals surface area contributed by atoms with E-state index >= 15 is 0 Å². The van der Waals surface area contributed by atoms with Crippen molar-refractivity contribution in [2.24, 2.45) is 0 Å². The van der Waals surface area contributed by atoms with E-state index in [4.69, 9.17) is 6.85 Å². The molecule has 0 amide bonds. The van der Waals surface area contributed by atoms with Gasteiger partial charge in [0.25, 0.3) is 0 Å². The van der Waals surface area contributed by atoms with Crippen molar-refractivity contribution in [1.82, 2.24) is 0 Å². The van der Waals surface area contributed by atoms with Gasteiger partial charge >= 0.3 is 0 Å². The van der Waals surface area contributed by atoms with Crippen LogP contribution in [0, 0.1) is 0 Å². The highest BCUT2D eigenvalue weighted by Crippen LogP contribution is 2.56. The van der Waals surface area contributed by atoms with Crippen LogP contribution in [0.3, 0.4) is 0 Å². The Labute approximate surface area is 846 Å². The highest BCUT2D eigenvalue weighted by Gasteiger charge is 2.28. The first-order valence-electron chi connectivity index (χ1n) is 51.3. The molecule has 27 aromatic carbocycles. The van der Waals surface area contributed by atoms with Gasteiger partial charge < -0.3 is 0 Å². The molecular weight excluding hydrogens is 1780 g/mol. The highest BCUT2D eigenvalue weighted by atomic mass is 32.1. The van der Waals surface area contributed by atoms with E-state index in [1.54, 1.807) is 0 Å². The molecule has 3 heterocycles. The molecule has 0 saturated heterocycles. The van der Waals surface area contributed by atoms with Crippen molar-refractivity contribution in [1.29, 1.82) is 0 Å². The van der Waals surface area contributed by atoms with Gasteiger partial charge in [0.05, 0.1) is 6.85 Å². The molecule has 0 bridgehead atoms. The van der Waals surface area contributed by atoms with E-state index < -0.39 is 6.04 Å². The fourth-order valence-electron chi connectivity index (χ4n) is 23.3. The van der Waals surface area contributed by atoms with Crippen LogP contribution in [0.5, 0.6) is 0 Å². The zero-order valence-electron chi connectivity index (χ0n) is 82.5. The van der Waals surface area contributed by atoms with E-state index in [-0.39, 0.29) is 29.7 Å². The summed E-state index contributed by atoms with van der Waals surface area (Å²) in [7, 11) is 0. The molecule has 0 radical (unpaired) electrons. The smallest absolute Gasteiger partial charge is 0.0629 e. The summed E-state index contributed by atoms with van der Waals surface area (Å²) in [5.41, 5.74) is 23.3. The minimum Gasteiger partial charge on any atom is -0.135 e. The molecule has 30 rings (SSSR count). The lowest BCUT2D eigenvalue weighted by atomic mass is 9.84. The van der Waals surface area contributed by atoms with Crippen molar-refractivity contribution >= 4 is 213 Å². The third kappa shape index (κ3) is 13.9. The van der Waals surface area contributed by atoms with Crippen LogP contribution >= 0.6 is 34.0 Å². The fourth-order valence-corrected chi connectivity index (χ4v) is 27.1. The second-order valence-corrected chi connectivity index (χ2v) is 40.3. The van der Waals surface area contributed by atoms with Crippen LogP contribution in [0.25, 0.3) is 290 Å². The zero-order chi connectivity index (χ0) is 98.5. The van der Waals surface area contributed by atoms with Crippen molar-refractivity contribution in [2.75, 3.05) is 0 Å². The number of benzene rings is 27. The second-order valence-electron chi connectivity index (χ2n) is 37.2. The summed E-state index contributed by atoms with van der Waals surface area (Å²) in [5, 5.41) is 34.1. The minimum atomic E-state index is -0.393. The lowest BCUT2D eigenvalue weighted by Gasteiger charge is -2.18. The molecule has 0 aliphatic carbocycles. The first-order valence-corrected chi connectivity index (χ1v) is 51.3. The minimum absolute atomic E-state index is 0.200. The normalized spacial score (nSPS) is 12.3. The van der Waals surface area contributed by atoms with E-state index in [1.165, 1.54) is 246 Å². The fraction of sp³-hybridized carbons (Fsp3) is 0. The zero-order valence-corrected chi connectivity index (χ0v) is 79.9. The Hall–Kier alpha value is -17.5. The van der Waals surface area contributed by atoms with Crippen molar-refractivity contribution in [3.05, 3.63) is 522 Å². The summed E-state index contributed by atoms with van der Waals surface area (Å²) < 4.78 is 50.8. The summed E-state index contributed by atoms with van der Waals surface area (Å²) in [6, 6.07) is 177. The number of rotatable bonds is 10. The van der Waals surface area contributed by atoms with E-state index in [0.717, 1.165) is 32.7 Å². The molecule has 0 aliphatic heterocycles. The van der Waals surface area contributed by atoms with Crippen molar-refractivity contribution < 1.29 is 6.85 Å². The molecule has 0 unspecified atom stereocenters. The van der Waals surface area contributed by atoms with Crippen LogP contribution in [0.15, 0.2) is 522 Å². The lowest BCUT2D eigenvalue weighted by Crippen LogP contribution is -1.91.